The van der Waals surface area contributed by atoms with E-state index in [2.05, 4.69) is 9.71 Å². The van der Waals surface area contributed by atoms with Gasteiger partial charge in [-0.3, -0.25) is 4.72 Å². The van der Waals surface area contributed by atoms with Crippen LogP contribution < -0.4 is 14.3 Å². The van der Waals surface area contributed by atoms with Crippen LogP contribution in [0.2, 0.25) is 5.02 Å². The maximum atomic E-state index is 13.1. The summed E-state index contributed by atoms with van der Waals surface area (Å²) in [7, 11) is -7.05. The Morgan fingerprint density at radius 2 is 1.74 bits per heavy atom. The lowest BCUT2D eigenvalue weighted by Crippen LogP contribution is -2.36. The molecule has 0 amide bonds. The highest BCUT2D eigenvalue weighted by atomic mass is 35.5. The number of quaternary nitrogens is 1. The standard InChI is InChI=1S/C17H15ClF3N4O4S2/c1-25(9-16(23-10-25)30(22,26)27)15-5-3-2-4-14(15)24-31(28,29)11-6-7-13(18)12(8-11)17(19,20)21/h2-10,24H,1H3,(H2,22,26,27)/q+1. The molecule has 1 unspecified atom stereocenters. The molecule has 0 fully saturated rings. The number of primary sulfonamides is 1. The number of hydrogen-bond donors (Lipinski definition) is 2. The van der Waals surface area contributed by atoms with Crippen molar-refractivity contribution in [3.63, 3.8) is 0 Å². The summed E-state index contributed by atoms with van der Waals surface area (Å²) in [6.45, 7) is 0. The molecule has 1 heterocycles. The van der Waals surface area contributed by atoms with Gasteiger partial charge in [0.15, 0.2) is 5.69 Å². The van der Waals surface area contributed by atoms with Crippen molar-refractivity contribution < 1.29 is 30.0 Å². The number of sulfonamides is 2. The molecule has 0 radical (unpaired) electrons. The minimum atomic E-state index is -4.85. The Kier molecular flexibility index (Phi) is 5.69. The average molecular weight is 496 g/mol. The molecule has 14 heteroatoms. The van der Waals surface area contributed by atoms with E-state index in [4.69, 9.17) is 16.7 Å². The molecule has 1 aliphatic heterocycles. The number of halogens is 4. The van der Waals surface area contributed by atoms with Crippen molar-refractivity contribution in [1.82, 2.24) is 4.48 Å². The van der Waals surface area contributed by atoms with E-state index in [1.54, 1.807) is 6.07 Å². The van der Waals surface area contributed by atoms with Gasteiger partial charge in [-0.25, -0.2) is 26.5 Å². The second kappa shape index (κ2) is 7.60. The number of benzene rings is 2. The lowest BCUT2D eigenvalue weighted by atomic mass is 10.2. The Labute approximate surface area is 181 Å². The number of para-hydroxylation sites is 2. The van der Waals surface area contributed by atoms with Crippen LogP contribution in [0.25, 0.3) is 0 Å². The molecule has 2 aromatic carbocycles. The Hall–Kier alpha value is -2.45. The quantitative estimate of drug-likeness (QED) is 0.619. The maximum absolute atomic E-state index is 13.1. The zero-order valence-electron chi connectivity index (χ0n) is 15.6. The third-order valence-electron chi connectivity index (χ3n) is 4.32. The van der Waals surface area contributed by atoms with E-state index in [9.17, 15) is 30.0 Å². The smallest absolute Gasteiger partial charge is 0.274 e. The van der Waals surface area contributed by atoms with Crippen LogP contribution in [0, 0.1) is 0 Å². The van der Waals surface area contributed by atoms with Gasteiger partial charge >= 0.3 is 6.18 Å². The molecular weight excluding hydrogens is 481 g/mol. The Bertz CT molecular complexity index is 1330. The second-order valence-electron chi connectivity index (χ2n) is 6.67. The fourth-order valence-electron chi connectivity index (χ4n) is 2.82. The first-order valence-electron chi connectivity index (χ1n) is 8.29. The molecule has 0 saturated heterocycles. The molecule has 1 aliphatic rings. The van der Waals surface area contributed by atoms with Crippen molar-refractivity contribution in [2.75, 3.05) is 11.8 Å². The minimum absolute atomic E-state index is 0.00752. The summed E-state index contributed by atoms with van der Waals surface area (Å²) in [5.41, 5.74) is -1.05. The van der Waals surface area contributed by atoms with E-state index in [0.29, 0.717) is 6.07 Å². The number of aliphatic imine (C=N–C) groups is 1. The highest BCUT2D eigenvalue weighted by Crippen LogP contribution is 2.38. The summed E-state index contributed by atoms with van der Waals surface area (Å²) >= 11 is 5.55. The lowest BCUT2D eigenvalue weighted by Gasteiger charge is -2.24. The van der Waals surface area contributed by atoms with Gasteiger partial charge in [0.05, 0.1) is 22.5 Å². The van der Waals surface area contributed by atoms with Crippen molar-refractivity contribution in [3.05, 3.63) is 64.3 Å². The van der Waals surface area contributed by atoms with Crippen molar-refractivity contribution in [3.8, 4) is 0 Å². The fraction of sp³-hybridized carbons (Fsp3) is 0.118. The van der Waals surface area contributed by atoms with Gasteiger partial charge in [-0.2, -0.15) is 18.2 Å². The van der Waals surface area contributed by atoms with E-state index < -0.39 is 46.7 Å². The molecule has 0 saturated carbocycles. The van der Waals surface area contributed by atoms with E-state index >= 15 is 0 Å². The van der Waals surface area contributed by atoms with Crippen LogP contribution in [0.1, 0.15) is 5.56 Å². The highest BCUT2D eigenvalue weighted by molar-refractivity contribution is 7.93. The van der Waals surface area contributed by atoms with Gasteiger partial charge in [0.25, 0.3) is 20.0 Å². The molecule has 0 bridgehead atoms. The largest absolute Gasteiger partial charge is 0.417 e. The lowest BCUT2D eigenvalue weighted by molar-refractivity contribution is -0.137. The zero-order chi connectivity index (χ0) is 23.2. The molecule has 8 nitrogen and oxygen atoms in total. The van der Waals surface area contributed by atoms with Gasteiger partial charge in [-0.05, 0) is 24.3 Å². The van der Waals surface area contributed by atoms with Gasteiger partial charge in [0.2, 0.25) is 11.4 Å². The first-order valence-corrected chi connectivity index (χ1v) is 11.7. The van der Waals surface area contributed by atoms with Crippen molar-refractivity contribution in [2.24, 2.45) is 10.1 Å². The number of nitrogens with two attached hydrogens (primary N) is 1. The van der Waals surface area contributed by atoms with Crippen LogP contribution >= 0.6 is 11.6 Å². The maximum Gasteiger partial charge on any atom is 0.417 e. The summed E-state index contributed by atoms with van der Waals surface area (Å²) in [5.74, 6) is 0. The number of hydrogen-bond acceptors (Lipinski definition) is 5. The first-order chi connectivity index (χ1) is 14.1. The fourth-order valence-corrected chi connectivity index (χ4v) is 4.71. The summed E-state index contributed by atoms with van der Waals surface area (Å²) in [5, 5.41) is 4.03. The average Bonchev–Trinajstić information content (AvgIpc) is 3.05. The van der Waals surface area contributed by atoms with Gasteiger partial charge in [-0.1, -0.05) is 23.7 Å². The molecule has 31 heavy (non-hydrogen) atoms. The van der Waals surface area contributed by atoms with E-state index in [1.807, 2.05) is 0 Å². The molecule has 2 aromatic rings. The predicted octanol–water partition coefficient (Wildman–Crippen LogP) is 3.23. The molecule has 0 spiro atoms. The second-order valence-corrected chi connectivity index (χ2v) is 10.3. The first kappa shape index (κ1) is 23.2. The van der Waals surface area contributed by atoms with Crippen LogP contribution in [-0.2, 0) is 26.2 Å². The van der Waals surface area contributed by atoms with Gasteiger partial charge in [0, 0.05) is 6.07 Å². The molecule has 1 atom stereocenters. The predicted molar refractivity (Wildman–Crippen MR) is 111 cm³/mol. The van der Waals surface area contributed by atoms with Crippen molar-refractivity contribution >= 4 is 49.4 Å². The molecular formula is C17H15ClF3N4O4S2+. The molecule has 3 N–H and O–H groups in total. The Balaban J connectivity index is 2.04. The van der Waals surface area contributed by atoms with Crippen LogP contribution in [0.5, 0.6) is 0 Å². The summed E-state index contributed by atoms with van der Waals surface area (Å²) in [6, 6.07) is 8.14. The van der Waals surface area contributed by atoms with Crippen LogP contribution in [0.4, 0.5) is 24.5 Å². The van der Waals surface area contributed by atoms with E-state index in [-0.39, 0.29) is 15.9 Å². The normalized spacial score (nSPS) is 19.4. The van der Waals surface area contributed by atoms with Crippen LogP contribution in [0.3, 0.4) is 0 Å². The van der Waals surface area contributed by atoms with Gasteiger partial charge < -0.3 is 0 Å². The van der Waals surface area contributed by atoms with Gasteiger partial charge in [0.1, 0.15) is 11.9 Å². The Morgan fingerprint density at radius 1 is 1.10 bits per heavy atom. The highest BCUT2D eigenvalue weighted by Gasteiger charge is 2.36. The van der Waals surface area contributed by atoms with Gasteiger partial charge in [-0.15, -0.1) is 0 Å². The van der Waals surface area contributed by atoms with E-state index in [1.165, 1.54) is 37.8 Å². The van der Waals surface area contributed by atoms with Crippen LogP contribution in [-0.4, -0.2) is 30.2 Å². The third kappa shape index (κ3) is 4.75. The monoisotopic (exact) mass is 495 g/mol. The molecule has 0 aliphatic carbocycles. The van der Waals surface area contributed by atoms with Crippen molar-refractivity contribution in [1.29, 1.82) is 0 Å². The number of alkyl halides is 3. The number of nitrogens with one attached hydrogen (secondary N) is 1. The zero-order valence-corrected chi connectivity index (χ0v) is 18.0. The topological polar surface area (TPSA) is 119 Å². The summed E-state index contributed by atoms with van der Waals surface area (Å²) in [4.78, 5) is 3.10. The number of rotatable bonds is 5. The Morgan fingerprint density at radius 3 is 2.32 bits per heavy atom. The third-order valence-corrected chi connectivity index (χ3v) is 6.80. The minimum Gasteiger partial charge on any atom is -0.274 e. The van der Waals surface area contributed by atoms with E-state index in [0.717, 1.165) is 12.1 Å². The molecule has 0 aromatic heterocycles. The van der Waals surface area contributed by atoms with Crippen molar-refractivity contribution in [2.45, 2.75) is 11.1 Å². The van der Waals surface area contributed by atoms with Crippen LogP contribution in [0.15, 0.2) is 63.6 Å². The summed E-state index contributed by atoms with van der Waals surface area (Å²) in [6.07, 6.45) is -2.44. The SMILES string of the molecule is C[N+]1(c2ccccc2NS(=O)(=O)c2ccc(Cl)c(C(F)(F)F)c2)C=NC(S(N)(=O)=O)=C1. The number of nitrogens with zero attached hydrogens (tertiary/aromatic N) is 2. The molecule has 3 rings (SSSR count). The number of anilines is 1. The molecule has 166 valence electrons. The summed E-state index contributed by atoms with van der Waals surface area (Å²) < 4.78 is 89.9.